The summed E-state index contributed by atoms with van der Waals surface area (Å²) in [5.41, 5.74) is 1.03. The van der Waals surface area contributed by atoms with Crippen molar-refractivity contribution < 1.29 is 9.50 Å². The van der Waals surface area contributed by atoms with Gasteiger partial charge in [0.15, 0.2) is 5.82 Å². The van der Waals surface area contributed by atoms with Crippen LogP contribution in [0.3, 0.4) is 0 Å². The van der Waals surface area contributed by atoms with Gasteiger partial charge in [0.05, 0.1) is 11.1 Å². The molecule has 0 saturated carbocycles. The minimum absolute atomic E-state index is 0.0416. The minimum Gasteiger partial charge on any atom is -0.507 e. The highest BCUT2D eigenvalue weighted by atomic mass is 19.1. The number of hydrogen-bond donors (Lipinski definition) is 2. The van der Waals surface area contributed by atoms with Crippen LogP contribution < -0.4 is 5.32 Å². The molecular formula is C21H24FN5O. The summed E-state index contributed by atoms with van der Waals surface area (Å²) in [5.74, 6) is 0.519. The number of nitrogens with one attached hydrogen (secondary N) is 1. The molecule has 0 radical (unpaired) electrons. The number of para-hydroxylation sites is 1. The third-order valence-electron chi connectivity index (χ3n) is 5.12. The molecule has 0 aliphatic carbocycles. The number of piperazine rings is 1. The van der Waals surface area contributed by atoms with Crippen LogP contribution >= 0.6 is 0 Å². The van der Waals surface area contributed by atoms with E-state index in [0.717, 1.165) is 50.2 Å². The van der Waals surface area contributed by atoms with Gasteiger partial charge in [-0.2, -0.15) is 0 Å². The van der Waals surface area contributed by atoms with Crippen molar-refractivity contribution in [1.29, 1.82) is 0 Å². The molecular weight excluding hydrogens is 357 g/mol. The Balaban J connectivity index is 1.59. The second-order valence-corrected chi connectivity index (χ2v) is 7.15. The van der Waals surface area contributed by atoms with Gasteiger partial charge in [-0.25, -0.2) is 14.4 Å². The lowest BCUT2D eigenvalue weighted by molar-refractivity contribution is 0.158. The molecule has 2 heterocycles. The minimum atomic E-state index is -0.436. The van der Waals surface area contributed by atoms with E-state index in [4.69, 9.17) is 0 Å². The number of rotatable bonds is 5. The molecule has 1 fully saturated rings. The van der Waals surface area contributed by atoms with Crippen LogP contribution in [0.2, 0.25) is 0 Å². The number of aromatic nitrogens is 2. The summed E-state index contributed by atoms with van der Waals surface area (Å²) < 4.78 is 13.7. The molecule has 6 nitrogen and oxygen atoms in total. The zero-order chi connectivity index (χ0) is 19.5. The third kappa shape index (κ3) is 4.05. The maximum absolute atomic E-state index is 13.7. The Hall–Kier alpha value is -2.77. The predicted molar refractivity (Wildman–Crippen MR) is 109 cm³/mol. The summed E-state index contributed by atoms with van der Waals surface area (Å²) in [5, 5.41) is 14.5. The van der Waals surface area contributed by atoms with Crippen LogP contribution in [0.4, 0.5) is 10.2 Å². The number of benzene rings is 2. The van der Waals surface area contributed by atoms with Crippen molar-refractivity contribution in [2.75, 3.05) is 51.6 Å². The third-order valence-corrected chi connectivity index (χ3v) is 5.12. The fourth-order valence-corrected chi connectivity index (χ4v) is 3.42. The first-order valence-electron chi connectivity index (χ1n) is 9.50. The van der Waals surface area contributed by atoms with Gasteiger partial charge in [-0.05, 0) is 37.4 Å². The lowest BCUT2D eigenvalue weighted by Crippen LogP contribution is -2.45. The molecule has 0 unspecified atom stereocenters. The van der Waals surface area contributed by atoms with Crippen LogP contribution in [-0.4, -0.2) is 71.2 Å². The van der Waals surface area contributed by atoms with Crippen molar-refractivity contribution in [3.05, 3.63) is 48.3 Å². The molecule has 2 aromatic carbocycles. The molecule has 28 heavy (non-hydrogen) atoms. The second-order valence-electron chi connectivity index (χ2n) is 7.15. The molecule has 0 atom stereocenters. The van der Waals surface area contributed by atoms with E-state index in [1.165, 1.54) is 18.2 Å². The van der Waals surface area contributed by atoms with Crippen LogP contribution in [0.25, 0.3) is 22.3 Å². The summed E-state index contributed by atoms with van der Waals surface area (Å²) >= 11 is 0. The van der Waals surface area contributed by atoms with Crippen molar-refractivity contribution in [3.63, 3.8) is 0 Å². The summed E-state index contributed by atoms with van der Waals surface area (Å²) in [6, 6.07) is 11.5. The maximum Gasteiger partial charge on any atom is 0.165 e. The Kier molecular flexibility index (Phi) is 5.36. The highest BCUT2D eigenvalue weighted by Crippen LogP contribution is 2.30. The van der Waals surface area contributed by atoms with Gasteiger partial charge in [0.25, 0.3) is 0 Å². The predicted octanol–water partition coefficient (Wildman–Crippen LogP) is 2.80. The molecule has 146 valence electrons. The number of aromatic hydroxyl groups is 1. The lowest BCUT2D eigenvalue weighted by Gasteiger charge is -2.32. The molecule has 2 N–H and O–H groups in total. The number of anilines is 1. The Morgan fingerprint density at radius 1 is 1.07 bits per heavy atom. The molecule has 0 amide bonds. The van der Waals surface area contributed by atoms with E-state index in [9.17, 15) is 9.50 Å². The molecule has 1 aromatic heterocycles. The van der Waals surface area contributed by atoms with Gasteiger partial charge in [-0.15, -0.1) is 0 Å². The number of halogens is 1. The van der Waals surface area contributed by atoms with E-state index in [0.29, 0.717) is 11.6 Å². The Labute approximate surface area is 163 Å². The van der Waals surface area contributed by atoms with E-state index >= 15 is 0 Å². The Morgan fingerprint density at radius 3 is 2.68 bits per heavy atom. The van der Waals surface area contributed by atoms with Crippen molar-refractivity contribution in [1.82, 2.24) is 19.8 Å². The first-order chi connectivity index (χ1) is 13.6. The summed E-state index contributed by atoms with van der Waals surface area (Å²) in [6.45, 7) is 5.96. The van der Waals surface area contributed by atoms with Crippen molar-refractivity contribution in [2.45, 2.75) is 0 Å². The summed E-state index contributed by atoms with van der Waals surface area (Å²) in [4.78, 5) is 13.9. The van der Waals surface area contributed by atoms with Gasteiger partial charge < -0.3 is 15.3 Å². The number of phenolic OH excluding ortho intramolecular Hbond substituents is 1. The fourth-order valence-electron chi connectivity index (χ4n) is 3.42. The van der Waals surface area contributed by atoms with Crippen LogP contribution in [-0.2, 0) is 0 Å². The molecule has 3 aromatic rings. The molecule has 1 aliphatic heterocycles. The number of nitrogens with zero attached hydrogens (tertiary/aromatic N) is 4. The van der Waals surface area contributed by atoms with E-state index in [2.05, 4.69) is 32.1 Å². The van der Waals surface area contributed by atoms with Crippen LogP contribution in [0.5, 0.6) is 5.75 Å². The van der Waals surface area contributed by atoms with E-state index < -0.39 is 5.82 Å². The molecule has 4 rings (SSSR count). The number of fused-ring (bicyclic) bond motifs is 1. The Bertz CT molecular complexity index is 972. The first kappa shape index (κ1) is 18.6. The van der Waals surface area contributed by atoms with Gasteiger partial charge in [-0.3, -0.25) is 4.90 Å². The quantitative estimate of drug-likeness (QED) is 0.709. The highest BCUT2D eigenvalue weighted by molar-refractivity contribution is 5.90. The van der Waals surface area contributed by atoms with E-state index in [-0.39, 0.29) is 11.3 Å². The number of likely N-dealkylation sites (N-methyl/N-ethyl adjacent to an activating group) is 1. The SMILES string of the molecule is CN1CCN(CCNc2nc(-c3cc(F)ccc3O)nc3ccccc23)CC1. The van der Waals surface area contributed by atoms with Crippen LogP contribution in [0.15, 0.2) is 42.5 Å². The average molecular weight is 381 g/mol. The second kappa shape index (κ2) is 8.08. The largest absolute Gasteiger partial charge is 0.507 e. The molecule has 0 bridgehead atoms. The summed E-state index contributed by atoms with van der Waals surface area (Å²) in [6.07, 6.45) is 0. The first-order valence-corrected chi connectivity index (χ1v) is 9.50. The molecule has 0 spiro atoms. The Morgan fingerprint density at radius 2 is 1.86 bits per heavy atom. The van der Waals surface area contributed by atoms with Gasteiger partial charge in [0.2, 0.25) is 0 Å². The van der Waals surface area contributed by atoms with E-state index in [1.54, 1.807) is 0 Å². The normalized spacial score (nSPS) is 15.8. The molecule has 7 heteroatoms. The van der Waals surface area contributed by atoms with Crippen molar-refractivity contribution >= 4 is 16.7 Å². The fraction of sp³-hybridized carbons (Fsp3) is 0.333. The van der Waals surface area contributed by atoms with Gasteiger partial charge in [0, 0.05) is 44.7 Å². The van der Waals surface area contributed by atoms with Gasteiger partial charge >= 0.3 is 0 Å². The zero-order valence-corrected chi connectivity index (χ0v) is 15.9. The molecule has 1 saturated heterocycles. The standard InChI is InChI=1S/C21H24FN5O/c1-26-10-12-27(13-11-26)9-8-23-20-16-4-2-3-5-18(16)24-21(25-20)17-14-15(22)6-7-19(17)28/h2-7,14,28H,8-13H2,1H3,(H,23,24,25). The van der Waals surface area contributed by atoms with Crippen LogP contribution in [0.1, 0.15) is 0 Å². The zero-order valence-electron chi connectivity index (χ0n) is 15.9. The number of phenols is 1. The average Bonchev–Trinajstić information content (AvgIpc) is 2.71. The number of hydrogen-bond acceptors (Lipinski definition) is 6. The van der Waals surface area contributed by atoms with Gasteiger partial charge in [-0.1, -0.05) is 12.1 Å². The van der Waals surface area contributed by atoms with Gasteiger partial charge in [0.1, 0.15) is 17.4 Å². The maximum atomic E-state index is 13.7. The van der Waals surface area contributed by atoms with Crippen molar-refractivity contribution in [3.8, 4) is 17.1 Å². The topological polar surface area (TPSA) is 64.5 Å². The van der Waals surface area contributed by atoms with E-state index in [1.807, 2.05) is 24.3 Å². The smallest absolute Gasteiger partial charge is 0.165 e. The highest BCUT2D eigenvalue weighted by Gasteiger charge is 2.15. The van der Waals surface area contributed by atoms with Crippen LogP contribution in [0, 0.1) is 5.82 Å². The lowest BCUT2D eigenvalue weighted by atomic mass is 10.1. The summed E-state index contributed by atoms with van der Waals surface area (Å²) in [7, 11) is 2.14. The van der Waals surface area contributed by atoms with Crippen molar-refractivity contribution in [2.24, 2.45) is 0 Å². The molecule has 1 aliphatic rings. The monoisotopic (exact) mass is 381 g/mol.